The second-order valence-corrected chi connectivity index (χ2v) is 6.37. The minimum absolute atomic E-state index is 0.0336. The summed E-state index contributed by atoms with van der Waals surface area (Å²) in [5.41, 5.74) is 14.1. The van der Waals surface area contributed by atoms with Crippen LogP contribution in [0, 0.1) is 13.8 Å². The monoisotopic (exact) mass is 338 g/mol. The summed E-state index contributed by atoms with van der Waals surface area (Å²) in [5, 5.41) is 6.90. The van der Waals surface area contributed by atoms with Gasteiger partial charge in [0.05, 0.1) is 11.7 Å². The average molecular weight is 338 g/mol. The first kappa shape index (κ1) is 20.0. The molecule has 8 heteroatoms. The number of nitrogens with zero attached hydrogens (tertiary/aromatic N) is 3. The second kappa shape index (κ2) is 8.68. The van der Waals surface area contributed by atoms with E-state index in [0.717, 1.165) is 17.0 Å². The number of hydrogen-bond donors (Lipinski definition) is 3. The molecule has 1 heterocycles. The molecule has 136 valence electrons. The summed E-state index contributed by atoms with van der Waals surface area (Å²) >= 11 is 0. The van der Waals surface area contributed by atoms with Crippen LogP contribution in [0.3, 0.4) is 0 Å². The Morgan fingerprint density at radius 1 is 1.33 bits per heavy atom. The van der Waals surface area contributed by atoms with Crippen molar-refractivity contribution in [2.45, 2.75) is 59.2 Å². The van der Waals surface area contributed by atoms with E-state index in [1.807, 2.05) is 39.4 Å². The Balaban J connectivity index is 2.73. The molecule has 1 rings (SSSR count). The van der Waals surface area contributed by atoms with Gasteiger partial charge in [-0.25, -0.2) is 4.79 Å². The Morgan fingerprint density at radius 3 is 2.42 bits per heavy atom. The molecule has 1 atom stereocenters. The van der Waals surface area contributed by atoms with E-state index < -0.39 is 12.1 Å². The van der Waals surface area contributed by atoms with E-state index >= 15 is 0 Å². The first-order chi connectivity index (χ1) is 11.1. The summed E-state index contributed by atoms with van der Waals surface area (Å²) in [5.74, 6) is -0.0910. The van der Waals surface area contributed by atoms with Crippen LogP contribution in [0.5, 0.6) is 0 Å². The first-order valence-electron chi connectivity index (χ1n) is 8.23. The zero-order valence-electron chi connectivity index (χ0n) is 15.3. The van der Waals surface area contributed by atoms with Gasteiger partial charge in [0, 0.05) is 37.4 Å². The highest BCUT2D eigenvalue weighted by Gasteiger charge is 2.25. The zero-order valence-corrected chi connectivity index (χ0v) is 15.3. The van der Waals surface area contributed by atoms with Crippen molar-refractivity contribution in [2.24, 2.45) is 18.5 Å². The van der Waals surface area contributed by atoms with E-state index in [9.17, 15) is 9.59 Å². The van der Waals surface area contributed by atoms with Gasteiger partial charge in [0.2, 0.25) is 5.91 Å². The maximum atomic E-state index is 12.7. The molecule has 0 aliphatic rings. The van der Waals surface area contributed by atoms with Gasteiger partial charge in [0.1, 0.15) is 0 Å². The number of nitrogens with one attached hydrogen (secondary N) is 1. The molecule has 0 bridgehead atoms. The highest BCUT2D eigenvalue weighted by Crippen LogP contribution is 2.17. The van der Waals surface area contributed by atoms with E-state index in [4.69, 9.17) is 11.5 Å². The fraction of sp³-hybridized carbons (Fsp3) is 0.688. The summed E-state index contributed by atoms with van der Waals surface area (Å²) < 4.78 is 1.82. The number of primary amides is 1. The van der Waals surface area contributed by atoms with Gasteiger partial charge in [-0.2, -0.15) is 5.10 Å². The lowest BCUT2D eigenvalue weighted by Crippen LogP contribution is -2.47. The molecule has 0 aromatic carbocycles. The highest BCUT2D eigenvalue weighted by atomic mass is 16.2. The van der Waals surface area contributed by atoms with Crippen LogP contribution >= 0.6 is 0 Å². The molecule has 0 saturated carbocycles. The largest absolute Gasteiger partial charge is 0.352 e. The molecule has 0 saturated heterocycles. The Bertz CT molecular complexity index is 581. The number of amides is 3. The molecule has 3 amide bonds. The number of urea groups is 1. The third-order valence-electron chi connectivity index (χ3n) is 4.20. The minimum Gasteiger partial charge on any atom is -0.352 e. The van der Waals surface area contributed by atoms with Gasteiger partial charge in [0.15, 0.2) is 0 Å². The van der Waals surface area contributed by atoms with Gasteiger partial charge in [-0.3, -0.25) is 9.48 Å². The van der Waals surface area contributed by atoms with Gasteiger partial charge in [-0.15, -0.1) is 0 Å². The van der Waals surface area contributed by atoms with Crippen molar-refractivity contribution in [1.29, 1.82) is 0 Å². The second-order valence-electron chi connectivity index (χ2n) is 6.37. The van der Waals surface area contributed by atoms with Crippen molar-refractivity contribution in [1.82, 2.24) is 20.0 Å². The lowest BCUT2D eigenvalue weighted by Gasteiger charge is -2.29. The van der Waals surface area contributed by atoms with E-state index in [2.05, 4.69) is 10.4 Å². The van der Waals surface area contributed by atoms with Crippen LogP contribution in [0.4, 0.5) is 4.79 Å². The van der Waals surface area contributed by atoms with Gasteiger partial charge in [0.25, 0.3) is 0 Å². The first-order valence-corrected chi connectivity index (χ1v) is 8.23. The summed E-state index contributed by atoms with van der Waals surface area (Å²) in [7, 11) is 1.89. The van der Waals surface area contributed by atoms with Crippen molar-refractivity contribution >= 4 is 11.9 Å². The molecule has 8 nitrogen and oxygen atoms in total. The van der Waals surface area contributed by atoms with Gasteiger partial charge < -0.3 is 21.7 Å². The van der Waals surface area contributed by atoms with Crippen molar-refractivity contribution < 1.29 is 9.59 Å². The number of hydrogen-bond acceptors (Lipinski definition) is 4. The molecule has 0 radical (unpaired) electrons. The minimum atomic E-state index is -0.598. The number of carbonyl (C=O) groups excluding carboxylic acids is 2. The Hall–Kier alpha value is -2.09. The summed E-state index contributed by atoms with van der Waals surface area (Å²) in [6, 6.07) is -1.13. The van der Waals surface area contributed by atoms with Crippen LogP contribution in [0.15, 0.2) is 0 Å². The van der Waals surface area contributed by atoms with E-state index in [1.54, 1.807) is 4.90 Å². The third kappa shape index (κ3) is 5.23. The van der Waals surface area contributed by atoms with Crippen molar-refractivity contribution in [2.75, 3.05) is 6.54 Å². The summed E-state index contributed by atoms with van der Waals surface area (Å²) in [6.45, 7) is 8.79. The highest BCUT2D eigenvalue weighted by molar-refractivity contribution is 5.82. The van der Waals surface area contributed by atoms with Gasteiger partial charge >= 0.3 is 6.03 Å². The number of aryl methyl sites for hydroxylation is 2. The van der Waals surface area contributed by atoms with E-state index in [1.165, 1.54) is 0 Å². The lowest BCUT2D eigenvalue weighted by atomic mass is 10.1. The fourth-order valence-corrected chi connectivity index (χ4v) is 2.60. The maximum Gasteiger partial charge on any atom is 0.312 e. The van der Waals surface area contributed by atoms with Crippen LogP contribution in [0.1, 0.15) is 43.6 Å². The number of carbonyl (C=O) groups is 2. The molecule has 1 aromatic heterocycles. The Labute approximate surface area is 143 Å². The molecule has 5 N–H and O–H groups in total. The van der Waals surface area contributed by atoms with Crippen LogP contribution in [0.2, 0.25) is 0 Å². The molecule has 0 unspecified atom stereocenters. The lowest BCUT2D eigenvalue weighted by molar-refractivity contribution is -0.135. The van der Waals surface area contributed by atoms with E-state index in [-0.39, 0.29) is 11.9 Å². The Kier molecular flexibility index (Phi) is 7.21. The number of aromatic nitrogens is 2. The molecular weight excluding hydrogens is 308 g/mol. The summed E-state index contributed by atoms with van der Waals surface area (Å²) in [4.78, 5) is 25.1. The Morgan fingerprint density at radius 2 is 1.96 bits per heavy atom. The zero-order chi connectivity index (χ0) is 18.4. The van der Waals surface area contributed by atoms with Crippen molar-refractivity contribution in [3.8, 4) is 0 Å². The SMILES string of the molecule is Cc1nn(C)c(C)c1CN(C(=O)[C@@H](N)CCCNC(N)=O)C(C)C. The fourth-order valence-electron chi connectivity index (χ4n) is 2.60. The number of nitrogens with two attached hydrogens (primary N) is 2. The molecule has 24 heavy (non-hydrogen) atoms. The predicted octanol–water partition coefficient (Wildman–Crippen LogP) is 0.550. The molecular formula is C16H30N6O2. The molecule has 0 spiro atoms. The van der Waals surface area contributed by atoms with Crippen LogP contribution < -0.4 is 16.8 Å². The average Bonchev–Trinajstić information content (AvgIpc) is 2.73. The van der Waals surface area contributed by atoms with Gasteiger partial charge in [-0.1, -0.05) is 0 Å². The summed E-state index contributed by atoms with van der Waals surface area (Å²) in [6.07, 6.45) is 1.10. The quantitative estimate of drug-likeness (QED) is 0.600. The van der Waals surface area contributed by atoms with Crippen LogP contribution in [-0.4, -0.2) is 45.2 Å². The van der Waals surface area contributed by atoms with Crippen LogP contribution in [0.25, 0.3) is 0 Å². The topological polar surface area (TPSA) is 119 Å². The molecule has 1 aromatic rings. The molecule has 0 aliphatic carbocycles. The predicted molar refractivity (Wildman–Crippen MR) is 93.2 cm³/mol. The third-order valence-corrected chi connectivity index (χ3v) is 4.20. The maximum absolute atomic E-state index is 12.7. The van der Waals surface area contributed by atoms with Crippen molar-refractivity contribution in [3.05, 3.63) is 17.0 Å². The van der Waals surface area contributed by atoms with E-state index in [0.29, 0.717) is 25.9 Å². The normalized spacial score (nSPS) is 12.3. The van der Waals surface area contributed by atoms with Crippen LogP contribution in [-0.2, 0) is 18.4 Å². The van der Waals surface area contributed by atoms with Gasteiger partial charge in [-0.05, 0) is 40.5 Å². The number of rotatable bonds is 8. The standard InChI is InChI=1S/C16H30N6O2/c1-10(2)22(9-13-11(3)20-21(5)12(13)4)15(23)14(17)7-6-8-19-16(18)24/h10,14H,6-9,17H2,1-5H3,(H3,18,19,24)/t14-/m0/s1. The molecule has 0 aliphatic heterocycles. The van der Waals surface area contributed by atoms with Crippen molar-refractivity contribution in [3.63, 3.8) is 0 Å². The smallest absolute Gasteiger partial charge is 0.312 e. The molecule has 0 fully saturated rings.